The van der Waals surface area contributed by atoms with Gasteiger partial charge >= 0.3 is 5.97 Å². The summed E-state index contributed by atoms with van der Waals surface area (Å²) in [5.41, 5.74) is 0.951. The van der Waals surface area contributed by atoms with Crippen LogP contribution in [0.5, 0.6) is 0 Å². The van der Waals surface area contributed by atoms with Crippen molar-refractivity contribution in [2.24, 2.45) is 5.41 Å². The zero-order valence-electron chi connectivity index (χ0n) is 13.1. The van der Waals surface area contributed by atoms with E-state index >= 15 is 0 Å². The number of hydrogen-bond donors (Lipinski definition) is 2. The van der Waals surface area contributed by atoms with Crippen LogP contribution in [-0.2, 0) is 29.3 Å². The molecule has 1 aliphatic heterocycles. The van der Waals surface area contributed by atoms with E-state index in [-0.39, 0.29) is 25.4 Å². The molecule has 0 saturated carbocycles. The number of rotatable bonds is 5. The van der Waals surface area contributed by atoms with Gasteiger partial charge in [0.15, 0.2) is 0 Å². The summed E-state index contributed by atoms with van der Waals surface area (Å²) in [6.45, 7) is 5.29. The Morgan fingerprint density at radius 3 is 2.68 bits per heavy atom. The van der Waals surface area contributed by atoms with Gasteiger partial charge in [0.05, 0.1) is 31.0 Å². The van der Waals surface area contributed by atoms with Gasteiger partial charge < -0.3 is 15.1 Å². The van der Waals surface area contributed by atoms with Gasteiger partial charge in [-0.3, -0.25) is 14.3 Å². The van der Waals surface area contributed by atoms with E-state index in [1.165, 1.54) is 0 Å². The van der Waals surface area contributed by atoms with E-state index in [0.717, 1.165) is 18.7 Å². The van der Waals surface area contributed by atoms with Gasteiger partial charge in [-0.15, -0.1) is 0 Å². The Morgan fingerprint density at radius 2 is 2.05 bits per heavy atom. The maximum atomic E-state index is 12.5. The lowest BCUT2D eigenvalue weighted by molar-refractivity contribution is -0.140. The molecule has 2 N–H and O–H groups in total. The first-order chi connectivity index (χ1) is 10.3. The maximum absolute atomic E-state index is 12.5. The number of aliphatic hydroxyl groups excluding tert-OH is 1. The summed E-state index contributed by atoms with van der Waals surface area (Å²) >= 11 is 0. The second kappa shape index (κ2) is 6.48. The number of nitrogens with zero attached hydrogens (tertiary/aromatic N) is 3. The molecule has 1 aromatic rings. The fourth-order valence-corrected chi connectivity index (χ4v) is 2.81. The van der Waals surface area contributed by atoms with Crippen LogP contribution in [-0.4, -0.2) is 43.3 Å². The Balaban J connectivity index is 2.05. The number of aliphatic carboxylic acids is 1. The van der Waals surface area contributed by atoms with E-state index in [0.29, 0.717) is 18.8 Å². The van der Waals surface area contributed by atoms with Crippen LogP contribution in [0, 0.1) is 5.41 Å². The molecule has 0 atom stereocenters. The van der Waals surface area contributed by atoms with Crippen LogP contribution >= 0.6 is 0 Å². The smallest absolute Gasteiger partial charge is 0.303 e. The number of carboxylic acid groups (broad SMARTS) is 1. The molecular weight excluding hydrogens is 286 g/mol. The molecule has 0 saturated heterocycles. The molecule has 0 spiro atoms. The molecule has 0 unspecified atom stereocenters. The van der Waals surface area contributed by atoms with Crippen molar-refractivity contribution in [2.45, 2.75) is 52.8 Å². The molecule has 0 aromatic carbocycles. The zero-order valence-corrected chi connectivity index (χ0v) is 13.1. The third-order valence-electron chi connectivity index (χ3n) is 3.84. The van der Waals surface area contributed by atoms with Crippen LogP contribution in [0.25, 0.3) is 0 Å². The number of carboxylic acids is 1. The fourth-order valence-electron chi connectivity index (χ4n) is 2.81. The minimum absolute atomic E-state index is 0.0286. The third-order valence-corrected chi connectivity index (χ3v) is 3.84. The highest BCUT2D eigenvalue weighted by atomic mass is 16.4. The molecule has 2 heterocycles. The number of amides is 1. The molecule has 0 radical (unpaired) electrons. The number of carbonyl (C=O) groups is 2. The SMILES string of the molecule is CC(C)(CC(=O)O)CC(=O)N1CCCn2nc(CO)cc2C1. The third kappa shape index (κ3) is 4.07. The average Bonchev–Trinajstić information content (AvgIpc) is 2.67. The van der Waals surface area contributed by atoms with Gasteiger partial charge in [-0.25, -0.2) is 0 Å². The van der Waals surface area contributed by atoms with E-state index in [4.69, 9.17) is 10.2 Å². The predicted octanol–water partition coefficient (Wildman–Crippen LogP) is 0.999. The lowest BCUT2D eigenvalue weighted by atomic mass is 9.85. The topological polar surface area (TPSA) is 95.7 Å². The molecular formula is C15H23N3O4. The second-order valence-corrected chi connectivity index (χ2v) is 6.59. The number of fused-ring (bicyclic) bond motifs is 1. The summed E-state index contributed by atoms with van der Waals surface area (Å²) in [5, 5.41) is 22.4. The van der Waals surface area contributed by atoms with Crippen molar-refractivity contribution in [1.82, 2.24) is 14.7 Å². The molecule has 7 heteroatoms. The van der Waals surface area contributed by atoms with Crippen LogP contribution in [0.3, 0.4) is 0 Å². The molecule has 1 aromatic heterocycles. The number of aromatic nitrogens is 2. The summed E-state index contributed by atoms with van der Waals surface area (Å²) in [4.78, 5) is 25.1. The van der Waals surface area contributed by atoms with Crippen molar-refractivity contribution >= 4 is 11.9 Å². The van der Waals surface area contributed by atoms with Crippen molar-refractivity contribution in [3.63, 3.8) is 0 Å². The minimum Gasteiger partial charge on any atom is -0.481 e. The van der Waals surface area contributed by atoms with E-state index in [1.54, 1.807) is 18.7 Å². The standard InChI is InChI=1S/C15H23N3O4/c1-15(2,8-14(21)22)7-13(20)17-4-3-5-18-12(9-17)6-11(10-19)16-18/h6,19H,3-5,7-10H2,1-2H3,(H,21,22). The van der Waals surface area contributed by atoms with Crippen LogP contribution < -0.4 is 0 Å². The molecule has 1 amide bonds. The van der Waals surface area contributed by atoms with Crippen LogP contribution in [0.1, 0.15) is 44.5 Å². The van der Waals surface area contributed by atoms with Crippen LogP contribution in [0.4, 0.5) is 0 Å². The van der Waals surface area contributed by atoms with E-state index < -0.39 is 11.4 Å². The highest BCUT2D eigenvalue weighted by molar-refractivity contribution is 5.78. The van der Waals surface area contributed by atoms with Crippen LogP contribution in [0.15, 0.2) is 6.07 Å². The maximum Gasteiger partial charge on any atom is 0.303 e. The van der Waals surface area contributed by atoms with Gasteiger partial charge in [-0.1, -0.05) is 13.8 Å². The first kappa shape index (κ1) is 16.5. The number of aliphatic hydroxyl groups is 1. The molecule has 22 heavy (non-hydrogen) atoms. The van der Waals surface area contributed by atoms with Gasteiger partial charge in [0.1, 0.15) is 0 Å². The Kier molecular flexibility index (Phi) is 4.85. The van der Waals surface area contributed by atoms with Gasteiger partial charge in [0.25, 0.3) is 0 Å². The fraction of sp³-hybridized carbons (Fsp3) is 0.667. The predicted molar refractivity (Wildman–Crippen MR) is 78.8 cm³/mol. The first-order valence-corrected chi connectivity index (χ1v) is 7.47. The minimum atomic E-state index is -0.890. The number of hydrogen-bond acceptors (Lipinski definition) is 4. The Morgan fingerprint density at radius 1 is 1.32 bits per heavy atom. The van der Waals surface area contributed by atoms with Gasteiger partial charge in [0.2, 0.25) is 5.91 Å². The van der Waals surface area contributed by atoms with E-state index in [1.807, 2.05) is 10.7 Å². The van der Waals surface area contributed by atoms with Crippen molar-refractivity contribution in [2.75, 3.05) is 6.54 Å². The Labute approximate surface area is 129 Å². The Hall–Kier alpha value is -1.89. The summed E-state index contributed by atoms with van der Waals surface area (Å²) in [6, 6.07) is 1.81. The lowest BCUT2D eigenvalue weighted by Crippen LogP contribution is -2.34. The molecule has 0 fully saturated rings. The summed E-state index contributed by atoms with van der Waals surface area (Å²) < 4.78 is 1.83. The van der Waals surface area contributed by atoms with Crippen LogP contribution in [0.2, 0.25) is 0 Å². The van der Waals surface area contributed by atoms with E-state index in [2.05, 4.69) is 5.10 Å². The van der Waals surface area contributed by atoms with Crippen molar-refractivity contribution in [1.29, 1.82) is 0 Å². The lowest BCUT2D eigenvalue weighted by Gasteiger charge is -2.27. The van der Waals surface area contributed by atoms with Gasteiger partial charge in [0, 0.05) is 19.5 Å². The molecule has 1 aliphatic rings. The number of carbonyl (C=O) groups excluding carboxylic acids is 1. The van der Waals surface area contributed by atoms with Crippen molar-refractivity contribution in [3.05, 3.63) is 17.5 Å². The number of aryl methyl sites for hydroxylation is 1. The van der Waals surface area contributed by atoms with E-state index in [9.17, 15) is 9.59 Å². The molecule has 122 valence electrons. The Bertz CT molecular complexity index is 565. The van der Waals surface area contributed by atoms with Crippen molar-refractivity contribution in [3.8, 4) is 0 Å². The van der Waals surface area contributed by atoms with Gasteiger partial charge in [-0.05, 0) is 17.9 Å². The average molecular weight is 309 g/mol. The second-order valence-electron chi connectivity index (χ2n) is 6.59. The highest BCUT2D eigenvalue weighted by Crippen LogP contribution is 2.27. The summed E-state index contributed by atoms with van der Waals surface area (Å²) in [6.07, 6.45) is 0.976. The normalized spacial score (nSPS) is 15.3. The summed E-state index contributed by atoms with van der Waals surface area (Å²) in [7, 11) is 0. The molecule has 0 aliphatic carbocycles. The largest absolute Gasteiger partial charge is 0.481 e. The first-order valence-electron chi connectivity index (χ1n) is 7.47. The zero-order chi connectivity index (χ0) is 16.3. The summed E-state index contributed by atoms with van der Waals surface area (Å²) in [5.74, 6) is -0.925. The van der Waals surface area contributed by atoms with Gasteiger partial charge in [-0.2, -0.15) is 5.10 Å². The highest BCUT2D eigenvalue weighted by Gasteiger charge is 2.29. The van der Waals surface area contributed by atoms with Crippen molar-refractivity contribution < 1.29 is 19.8 Å². The molecule has 7 nitrogen and oxygen atoms in total. The molecule has 0 bridgehead atoms. The quantitative estimate of drug-likeness (QED) is 0.846. The molecule has 2 rings (SSSR count). The monoisotopic (exact) mass is 309 g/mol.